The van der Waals surface area contributed by atoms with Crippen molar-refractivity contribution < 1.29 is 9.32 Å². The lowest BCUT2D eigenvalue weighted by Gasteiger charge is -2.34. The first-order chi connectivity index (χ1) is 14.0. The molecule has 0 saturated carbocycles. The van der Waals surface area contributed by atoms with Gasteiger partial charge in [0.15, 0.2) is 5.69 Å². The Hall–Kier alpha value is -2.41. The third-order valence-corrected chi connectivity index (χ3v) is 5.96. The Balaban J connectivity index is 1.55. The van der Waals surface area contributed by atoms with Gasteiger partial charge in [0, 0.05) is 56.6 Å². The lowest BCUT2D eigenvalue weighted by Crippen LogP contribution is -2.44. The van der Waals surface area contributed by atoms with Gasteiger partial charge in [0.1, 0.15) is 5.76 Å². The zero-order valence-corrected chi connectivity index (χ0v) is 17.7. The van der Waals surface area contributed by atoms with Gasteiger partial charge in [-0.25, -0.2) is 0 Å². The van der Waals surface area contributed by atoms with Crippen LogP contribution in [0.4, 0.5) is 5.69 Å². The van der Waals surface area contributed by atoms with E-state index in [9.17, 15) is 4.79 Å². The topological polar surface area (TPSA) is 65.7 Å². The smallest absolute Gasteiger partial charge is 0.276 e. The molecular weight excluding hydrogens is 366 g/mol. The number of likely N-dealkylation sites (tertiary alicyclic amines) is 1. The van der Waals surface area contributed by atoms with Crippen molar-refractivity contribution in [2.45, 2.75) is 45.6 Å². The SMILES string of the molecule is CCCc1cc(C(=O)N2CCCC2c2cc(N3CCN(C)CC3)cc(C)n2)no1. The van der Waals surface area contributed by atoms with Gasteiger partial charge in [-0.2, -0.15) is 0 Å². The Kier molecular flexibility index (Phi) is 5.85. The molecule has 0 aliphatic carbocycles. The number of nitrogens with zero attached hydrogens (tertiary/aromatic N) is 5. The fourth-order valence-electron chi connectivity index (χ4n) is 4.34. The number of pyridine rings is 1. The first kappa shape index (κ1) is 19.9. The number of carbonyl (C=O) groups excluding carboxylic acids is 1. The summed E-state index contributed by atoms with van der Waals surface area (Å²) >= 11 is 0. The normalized spacial score (nSPS) is 20.4. The van der Waals surface area contributed by atoms with Gasteiger partial charge >= 0.3 is 0 Å². The maximum Gasteiger partial charge on any atom is 0.276 e. The van der Waals surface area contributed by atoms with Crippen LogP contribution in [0.3, 0.4) is 0 Å². The molecule has 0 bridgehead atoms. The molecule has 2 saturated heterocycles. The number of aromatic nitrogens is 2. The number of rotatable bonds is 5. The van der Waals surface area contributed by atoms with E-state index in [4.69, 9.17) is 9.51 Å². The summed E-state index contributed by atoms with van der Waals surface area (Å²) in [6.45, 7) is 9.03. The summed E-state index contributed by atoms with van der Waals surface area (Å²) in [7, 11) is 2.17. The first-order valence-corrected chi connectivity index (χ1v) is 10.7. The number of aryl methyl sites for hydroxylation is 2. The number of hydrogen-bond acceptors (Lipinski definition) is 6. The van der Waals surface area contributed by atoms with Crippen molar-refractivity contribution >= 4 is 11.6 Å². The Bertz CT molecular complexity index is 857. The van der Waals surface area contributed by atoms with E-state index in [-0.39, 0.29) is 11.9 Å². The summed E-state index contributed by atoms with van der Waals surface area (Å²) in [5.74, 6) is 0.723. The second kappa shape index (κ2) is 8.53. The van der Waals surface area contributed by atoms with Crippen LogP contribution in [0.5, 0.6) is 0 Å². The van der Waals surface area contributed by atoms with Crippen LogP contribution in [0.15, 0.2) is 22.7 Å². The summed E-state index contributed by atoms with van der Waals surface area (Å²) in [5, 5.41) is 4.02. The van der Waals surface area contributed by atoms with E-state index in [1.54, 1.807) is 6.07 Å². The summed E-state index contributed by atoms with van der Waals surface area (Å²) in [6.07, 6.45) is 3.69. The van der Waals surface area contributed by atoms with Gasteiger partial charge in [-0.3, -0.25) is 9.78 Å². The lowest BCUT2D eigenvalue weighted by atomic mass is 10.1. The second-order valence-corrected chi connectivity index (χ2v) is 8.27. The number of likely N-dealkylation sites (N-methyl/N-ethyl adjacent to an activating group) is 1. The lowest BCUT2D eigenvalue weighted by molar-refractivity contribution is 0.0722. The summed E-state index contributed by atoms with van der Waals surface area (Å²) in [6, 6.07) is 6.13. The van der Waals surface area contributed by atoms with Crippen LogP contribution in [0.1, 0.15) is 59.9 Å². The van der Waals surface area contributed by atoms with Crippen LogP contribution in [0.2, 0.25) is 0 Å². The molecule has 4 heterocycles. The Labute approximate surface area is 172 Å². The van der Waals surface area contributed by atoms with Crippen molar-refractivity contribution in [2.75, 3.05) is 44.7 Å². The number of anilines is 1. The number of amides is 1. The molecule has 1 amide bonds. The molecule has 1 atom stereocenters. The van der Waals surface area contributed by atoms with Crippen molar-refractivity contribution in [2.24, 2.45) is 0 Å². The van der Waals surface area contributed by atoms with Crippen LogP contribution in [0.25, 0.3) is 0 Å². The van der Waals surface area contributed by atoms with E-state index in [1.165, 1.54) is 5.69 Å². The second-order valence-electron chi connectivity index (χ2n) is 8.27. The molecule has 2 aliphatic rings. The third kappa shape index (κ3) is 4.29. The minimum absolute atomic E-state index is 0.0000562. The molecule has 0 N–H and O–H groups in total. The fourth-order valence-corrected chi connectivity index (χ4v) is 4.34. The van der Waals surface area contributed by atoms with E-state index in [0.717, 1.165) is 75.6 Å². The molecule has 0 spiro atoms. The van der Waals surface area contributed by atoms with Crippen molar-refractivity contribution in [3.8, 4) is 0 Å². The minimum Gasteiger partial charge on any atom is -0.369 e. The van der Waals surface area contributed by atoms with Crippen LogP contribution in [0, 0.1) is 6.92 Å². The molecule has 7 heteroatoms. The summed E-state index contributed by atoms with van der Waals surface area (Å²) in [5.41, 5.74) is 3.61. The predicted octanol–water partition coefficient (Wildman–Crippen LogP) is 3.06. The molecule has 0 aromatic carbocycles. The molecule has 29 heavy (non-hydrogen) atoms. The van der Waals surface area contributed by atoms with Gasteiger partial charge in [0.05, 0.1) is 11.7 Å². The van der Waals surface area contributed by atoms with Crippen molar-refractivity contribution in [3.63, 3.8) is 0 Å². The maximum atomic E-state index is 13.1. The molecule has 2 aliphatic heterocycles. The van der Waals surface area contributed by atoms with Gasteiger partial charge in [0.2, 0.25) is 0 Å². The molecule has 7 nitrogen and oxygen atoms in total. The van der Waals surface area contributed by atoms with E-state index in [2.05, 4.69) is 41.1 Å². The molecule has 4 rings (SSSR count). The highest BCUT2D eigenvalue weighted by Crippen LogP contribution is 2.34. The van der Waals surface area contributed by atoms with Crippen LogP contribution >= 0.6 is 0 Å². The predicted molar refractivity (Wildman–Crippen MR) is 112 cm³/mol. The van der Waals surface area contributed by atoms with E-state index < -0.39 is 0 Å². The number of carbonyl (C=O) groups is 1. The summed E-state index contributed by atoms with van der Waals surface area (Å²) < 4.78 is 5.33. The van der Waals surface area contributed by atoms with Gasteiger partial charge in [-0.15, -0.1) is 0 Å². The van der Waals surface area contributed by atoms with E-state index >= 15 is 0 Å². The van der Waals surface area contributed by atoms with E-state index in [0.29, 0.717) is 5.69 Å². The Morgan fingerprint density at radius 3 is 2.72 bits per heavy atom. The van der Waals surface area contributed by atoms with Crippen LogP contribution < -0.4 is 4.90 Å². The molecule has 0 radical (unpaired) electrons. The minimum atomic E-state index is -0.0527. The van der Waals surface area contributed by atoms with Crippen molar-refractivity contribution in [1.82, 2.24) is 19.9 Å². The zero-order valence-electron chi connectivity index (χ0n) is 17.7. The number of piperazine rings is 1. The average molecular weight is 398 g/mol. The van der Waals surface area contributed by atoms with Crippen molar-refractivity contribution in [3.05, 3.63) is 41.0 Å². The van der Waals surface area contributed by atoms with Crippen LogP contribution in [-0.2, 0) is 6.42 Å². The summed E-state index contributed by atoms with van der Waals surface area (Å²) in [4.78, 5) is 24.6. The maximum absolute atomic E-state index is 13.1. The number of hydrogen-bond donors (Lipinski definition) is 0. The van der Waals surface area contributed by atoms with Crippen LogP contribution in [-0.4, -0.2) is 65.6 Å². The average Bonchev–Trinajstić information content (AvgIpc) is 3.38. The fraction of sp³-hybridized carbons (Fsp3) is 0.591. The Morgan fingerprint density at radius 2 is 1.97 bits per heavy atom. The molecule has 1 unspecified atom stereocenters. The monoisotopic (exact) mass is 397 g/mol. The largest absolute Gasteiger partial charge is 0.369 e. The van der Waals surface area contributed by atoms with Gasteiger partial charge in [-0.05, 0) is 45.4 Å². The highest BCUT2D eigenvalue weighted by molar-refractivity contribution is 5.92. The molecule has 156 valence electrons. The molecule has 2 aromatic heterocycles. The molecular formula is C22H31N5O2. The molecule has 2 fully saturated rings. The highest BCUT2D eigenvalue weighted by atomic mass is 16.5. The van der Waals surface area contributed by atoms with Gasteiger partial charge < -0.3 is 19.2 Å². The highest BCUT2D eigenvalue weighted by Gasteiger charge is 2.33. The Morgan fingerprint density at radius 1 is 1.17 bits per heavy atom. The third-order valence-electron chi connectivity index (χ3n) is 5.96. The zero-order chi connectivity index (χ0) is 20.4. The van der Waals surface area contributed by atoms with Crippen molar-refractivity contribution in [1.29, 1.82) is 0 Å². The first-order valence-electron chi connectivity index (χ1n) is 10.7. The molecule has 2 aromatic rings. The standard InChI is InChI=1S/C22H31N5O2/c1-4-6-18-15-20(24-29-18)22(28)27-8-5-7-21(27)19-14-17(13-16(2)23-19)26-11-9-25(3)10-12-26/h13-15,21H,4-12H2,1-3H3. The quantitative estimate of drug-likeness (QED) is 0.773. The van der Waals surface area contributed by atoms with Gasteiger partial charge in [0.25, 0.3) is 5.91 Å². The van der Waals surface area contributed by atoms with E-state index in [1.807, 2.05) is 11.8 Å². The van der Waals surface area contributed by atoms with Gasteiger partial charge in [-0.1, -0.05) is 12.1 Å².